The fourth-order valence-electron chi connectivity index (χ4n) is 2.93. The Morgan fingerprint density at radius 3 is 1.71 bits per heavy atom. The third-order valence-corrected chi connectivity index (χ3v) is 4.03. The first-order valence-corrected chi connectivity index (χ1v) is 8.26. The van der Waals surface area contributed by atoms with E-state index in [1.165, 1.54) is 0 Å². The van der Waals surface area contributed by atoms with Gasteiger partial charge in [-0.15, -0.1) is 13.2 Å². The Labute approximate surface area is 144 Å². The molecule has 0 radical (unpaired) electrons. The molecule has 0 unspecified atom stereocenters. The van der Waals surface area contributed by atoms with E-state index in [1.807, 2.05) is 12.2 Å². The molecule has 3 heterocycles. The van der Waals surface area contributed by atoms with Crippen LogP contribution in [0.25, 0.3) is 0 Å². The van der Waals surface area contributed by atoms with Gasteiger partial charge in [0.15, 0.2) is 0 Å². The van der Waals surface area contributed by atoms with Gasteiger partial charge < -0.3 is 19.6 Å². The number of rotatable bonds is 8. The summed E-state index contributed by atoms with van der Waals surface area (Å²) in [5, 5.41) is 0. The molecule has 0 saturated heterocycles. The summed E-state index contributed by atoms with van der Waals surface area (Å²) >= 11 is 0. The smallest absolute Gasteiger partial charge is 0.0901 e. The molecule has 0 N–H and O–H groups in total. The summed E-state index contributed by atoms with van der Waals surface area (Å²) in [4.78, 5) is 13.8. The van der Waals surface area contributed by atoms with E-state index in [0.717, 1.165) is 50.9 Å². The second-order valence-electron chi connectivity index (χ2n) is 6.11. The Morgan fingerprint density at radius 1 is 0.792 bits per heavy atom. The van der Waals surface area contributed by atoms with Gasteiger partial charge >= 0.3 is 0 Å². The second kappa shape index (κ2) is 7.73. The zero-order chi connectivity index (χ0) is 16.8. The van der Waals surface area contributed by atoms with E-state index < -0.39 is 0 Å². The lowest BCUT2D eigenvalue weighted by molar-refractivity contribution is 0.268. The molecule has 5 nitrogen and oxygen atoms in total. The molecule has 24 heavy (non-hydrogen) atoms. The molecule has 3 rings (SSSR count). The van der Waals surface area contributed by atoms with E-state index in [4.69, 9.17) is 4.98 Å². The zero-order valence-electron chi connectivity index (χ0n) is 14.1. The van der Waals surface area contributed by atoms with E-state index in [2.05, 4.69) is 75.8 Å². The third-order valence-electron chi connectivity index (χ3n) is 4.03. The highest BCUT2D eigenvalue weighted by molar-refractivity contribution is 5.13. The molecule has 0 bridgehead atoms. The molecule has 0 amide bonds. The standard InChI is InChI=1S/C19H25N5/c1-3-8-21-10-12-23(16-21)14-18-6-5-7-19(20-18)15-24-13-11-22(17-24)9-4-2/h3-7,10-13H,1-2,8-9,14-17H2. The molecule has 0 atom stereocenters. The van der Waals surface area contributed by atoms with Gasteiger partial charge in [-0.2, -0.15) is 0 Å². The van der Waals surface area contributed by atoms with Crippen LogP contribution in [-0.4, -0.2) is 51.0 Å². The molecule has 0 saturated carbocycles. The van der Waals surface area contributed by atoms with E-state index in [1.54, 1.807) is 0 Å². The van der Waals surface area contributed by atoms with Gasteiger partial charge in [0, 0.05) is 37.9 Å². The molecule has 2 aliphatic heterocycles. The number of hydrogen-bond acceptors (Lipinski definition) is 5. The van der Waals surface area contributed by atoms with Crippen molar-refractivity contribution in [3.63, 3.8) is 0 Å². The van der Waals surface area contributed by atoms with Gasteiger partial charge in [0.05, 0.1) is 37.8 Å². The molecule has 0 aromatic carbocycles. The maximum Gasteiger partial charge on any atom is 0.0901 e. The molecular formula is C19H25N5. The van der Waals surface area contributed by atoms with Gasteiger partial charge in [0.1, 0.15) is 0 Å². The first-order valence-electron chi connectivity index (χ1n) is 8.26. The molecular weight excluding hydrogens is 298 g/mol. The lowest BCUT2D eigenvalue weighted by Gasteiger charge is -2.21. The Bertz CT molecular complexity index is 585. The van der Waals surface area contributed by atoms with Crippen molar-refractivity contribution >= 4 is 0 Å². The average Bonchev–Trinajstić information content (AvgIpc) is 3.18. The van der Waals surface area contributed by atoms with Gasteiger partial charge in [-0.25, -0.2) is 0 Å². The molecule has 126 valence electrons. The maximum atomic E-state index is 4.81. The largest absolute Gasteiger partial charge is 0.355 e. The first kappa shape index (κ1) is 16.2. The fourth-order valence-corrected chi connectivity index (χ4v) is 2.93. The lowest BCUT2D eigenvalue weighted by Crippen LogP contribution is -2.26. The normalized spacial score (nSPS) is 16.3. The highest BCUT2D eigenvalue weighted by Crippen LogP contribution is 2.13. The van der Waals surface area contributed by atoms with E-state index >= 15 is 0 Å². The first-order chi connectivity index (χ1) is 11.8. The van der Waals surface area contributed by atoms with Crippen LogP contribution in [0.2, 0.25) is 0 Å². The van der Waals surface area contributed by atoms with Crippen LogP contribution in [0.3, 0.4) is 0 Å². The van der Waals surface area contributed by atoms with Gasteiger partial charge in [-0.1, -0.05) is 18.2 Å². The topological polar surface area (TPSA) is 25.9 Å². The Hall–Kier alpha value is -2.69. The van der Waals surface area contributed by atoms with Crippen LogP contribution in [0.1, 0.15) is 11.4 Å². The van der Waals surface area contributed by atoms with Gasteiger partial charge in [-0.3, -0.25) is 4.98 Å². The van der Waals surface area contributed by atoms with E-state index in [0.29, 0.717) is 0 Å². The molecule has 0 aliphatic carbocycles. The van der Waals surface area contributed by atoms with E-state index in [-0.39, 0.29) is 0 Å². The van der Waals surface area contributed by atoms with Crippen LogP contribution in [0.4, 0.5) is 0 Å². The third kappa shape index (κ3) is 4.19. The predicted octanol–water partition coefficient (Wildman–Crippen LogP) is 2.55. The molecule has 0 fully saturated rings. The highest BCUT2D eigenvalue weighted by Gasteiger charge is 2.14. The summed E-state index contributed by atoms with van der Waals surface area (Å²) in [5.74, 6) is 0. The van der Waals surface area contributed by atoms with Crippen molar-refractivity contribution in [2.45, 2.75) is 13.1 Å². The van der Waals surface area contributed by atoms with Crippen LogP contribution in [0.5, 0.6) is 0 Å². The molecule has 5 heteroatoms. The minimum absolute atomic E-state index is 0.830. The summed E-state index contributed by atoms with van der Waals surface area (Å²) in [6.45, 7) is 12.8. The Kier molecular flexibility index (Phi) is 5.21. The molecule has 2 aliphatic rings. The number of hydrogen-bond donors (Lipinski definition) is 0. The van der Waals surface area contributed by atoms with E-state index in [9.17, 15) is 0 Å². The van der Waals surface area contributed by atoms with Crippen molar-refractivity contribution in [1.82, 2.24) is 24.6 Å². The highest BCUT2D eigenvalue weighted by atomic mass is 15.3. The van der Waals surface area contributed by atoms with Gasteiger partial charge in [0.2, 0.25) is 0 Å². The number of aromatic nitrogens is 1. The van der Waals surface area contributed by atoms with Crippen LogP contribution >= 0.6 is 0 Å². The summed E-state index contributed by atoms with van der Waals surface area (Å²) in [5.41, 5.74) is 2.20. The van der Waals surface area contributed by atoms with Crippen LogP contribution in [0.15, 0.2) is 68.3 Å². The van der Waals surface area contributed by atoms with Gasteiger partial charge in [0.25, 0.3) is 0 Å². The molecule has 1 aromatic heterocycles. The lowest BCUT2D eigenvalue weighted by atomic mass is 10.3. The summed E-state index contributed by atoms with van der Waals surface area (Å²) in [6, 6.07) is 6.29. The fraction of sp³-hybridized carbons (Fsp3) is 0.316. The zero-order valence-corrected chi connectivity index (χ0v) is 14.1. The predicted molar refractivity (Wildman–Crippen MR) is 97.1 cm³/mol. The Balaban J connectivity index is 1.53. The monoisotopic (exact) mass is 323 g/mol. The Morgan fingerprint density at radius 2 is 1.25 bits per heavy atom. The van der Waals surface area contributed by atoms with Crippen molar-refractivity contribution in [1.29, 1.82) is 0 Å². The molecule has 0 spiro atoms. The van der Waals surface area contributed by atoms with Crippen LogP contribution < -0.4 is 0 Å². The maximum absolute atomic E-state index is 4.81. The van der Waals surface area contributed by atoms with Crippen molar-refractivity contribution in [3.8, 4) is 0 Å². The molecule has 1 aromatic rings. The number of nitrogens with zero attached hydrogens (tertiary/aromatic N) is 5. The summed E-state index contributed by atoms with van der Waals surface area (Å²) < 4.78 is 0. The summed E-state index contributed by atoms with van der Waals surface area (Å²) in [7, 11) is 0. The SMILES string of the molecule is C=CCN1C=CN(Cc2cccc(CN3C=CN(CC=C)C3)n2)C1. The van der Waals surface area contributed by atoms with Crippen molar-refractivity contribution in [2.24, 2.45) is 0 Å². The van der Waals surface area contributed by atoms with Crippen LogP contribution in [-0.2, 0) is 13.1 Å². The second-order valence-corrected chi connectivity index (χ2v) is 6.11. The minimum Gasteiger partial charge on any atom is -0.355 e. The van der Waals surface area contributed by atoms with Crippen molar-refractivity contribution in [3.05, 3.63) is 79.7 Å². The van der Waals surface area contributed by atoms with Crippen LogP contribution in [0, 0.1) is 0 Å². The van der Waals surface area contributed by atoms with Crippen molar-refractivity contribution in [2.75, 3.05) is 26.4 Å². The summed E-state index contributed by atoms with van der Waals surface area (Å²) in [6.07, 6.45) is 12.3. The minimum atomic E-state index is 0.830. The quantitative estimate of drug-likeness (QED) is 0.685. The average molecular weight is 323 g/mol. The number of pyridine rings is 1. The van der Waals surface area contributed by atoms with Gasteiger partial charge in [-0.05, 0) is 12.1 Å². The van der Waals surface area contributed by atoms with Crippen molar-refractivity contribution < 1.29 is 0 Å².